The highest BCUT2D eigenvalue weighted by Crippen LogP contribution is 2.54. The van der Waals surface area contributed by atoms with Gasteiger partial charge in [-0.2, -0.15) is 0 Å². The lowest BCUT2D eigenvalue weighted by Gasteiger charge is -2.51. The maximum Gasteiger partial charge on any atom is 0.0500 e. The third-order valence-corrected chi connectivity index (χ3v) is 8.40. The highest BCUT2D eigenvalue weighted by Gasteiger charge is 2.47. The minimum absolute atomic E-state index is 0.355. The summed E-state index contributed by atoms with van der Waals surface area (Å²) >= 11 is 0. The topological polar surface area (TPSA) is 30.5 Å². The first-order chi connectivity index (χ1) is 12.7. The van der Waals surface area contributed by atoms with E-state index in [1.54, 1.807) is 0 Å². The predicted octanol–water partition coefficient (Wildman–Crippen LogP) is 5.29. The van der Waals surface area contributed by atoms with E-state index >= 15 is 0 Å². The molecule has 0 radical (unpaired) electrons. The van der Waals surface area contributed by atoms with Gasteiger partial charge in [0.2, 0.25) is 0 Å². The number of hydrogen-bond donors (Lipinski definition) is 1. The summed E-state index contributed by atoms with van der Waals surface area (Å²) in [5, 5.41) is 3.56. The van der Waals surface area contributed by atoms with Crippen molar-refractivity contribution >= 4 is 0 Å². The summed E-state index contributed by atoms with van der Waals surface area (Å²) in [7, 11) is 0. The normalized spacial score (nSPS) is 29.0. The Morgan fingerprint density at radius 2 is 1.19 bits per heavy atom. The van der Waals surface area contributed by atoms with E-state index in [1.807, 2.05) is 0 Å². The van der Waals surface area contributed by atoms with Crippen LogP contribution in [0.1, 0.15) is 79.6 Å². The molecule has 0 spiro atoms. The van der Waals surface area contributed by atoms with Gasteiger partial charge in [0.25, 0.3) is 0 Å². The summed E-state index contributed by atoms with van der Waals surface area (Å²) in [5.74, 6) is 2.38. The van der Waals surface area contributed by atoms with Gasteiger partial charge in [-0.05, 0) is 92.0 Å². The molecule has 2 atom stereocenters. The van der Waals surface area contributed by atoms with Crippen LogP contribution in [0.2, 0.25) is 0 Å². The van der Waals surface area contributed by atoms with Crippen LogP contribution in [0, 0.1) is 34.0 Å². The minimum atomic E-state index is 0.355. The summed E-state index contributed by atoms with van der Waals surface area (Å²) in [5.41, 5.74) is 1.16. The van der Waals surface area contributed by atoms with E-state index in [0.29, 0.717) is 16.2 Å². The zero-order chi connectivity index (χ0) is 19.5. The van der Waals surface area contributed by atoms with Crippen LogP contribution in [0.5, 0.6) is 0 Å². The van der Waals surface area contributed by atoms with Gasteiger partial charge in [0, 0.05) is 26.4 Å². The Bertz CT molecular complexity index is 457. The SMILES string of the molecule is CC(C)(C[C@](C)(CC(C)(C)C1CCOC1)C1CCOCC1)C1CCNCC1. The predicted molar refractivity (Wildman–Crippen MR) is 113 cm³/mol. The van der Waals surface area contributed by atoms with Crippen LogP contribution in [0.4, 0.5) is 0 Å². The molecule has 0 saturated carbocycles. The zero-order valence-electron chi connectivity index (χ0n) is 18.7. The molecule has 3 heteroatoms. The van der Waals surface area contributed by atoms with Crippen molar-refractivity contribution in [3.05, 3.63) is 0 Å². The first-order valence-corrected chi connectivity index (χ1v) is 11.6. The number of hydrogen-bond acceptors (Lipinski definition) is 3. The molecular formula is C24H45NO2. The summed E-state index contributed by atoms with van der Waals surface area (Å²) in [6, 6.07) is 0. The lowest BCUT2D eigenvalue weighted by atomic mass is 9.55. The van der Waals surface area contributed by atoms with E-state index in [0.717, 1.165) is 44.2 Å². The van der Waals surface area contributed by atoms with Crippen LogP contribution < -0.4 is 5.32 Å². The molecule has 1 unspecified atom stereocenters. The first-order valence-electron chi connectivity index (χ1n) is 11.6. The molecule has 3 nitrogen and oxygen atoms in total. The third kappa shape index (κ3) is 5.28. The van der Waals surface area contributed by atoms with E-state index in [9.17, 15) is 0 Å². The van der Waals surface area contributed by atoms with Crippen LogP contribution in [-0.2, 0) is 9.47 Å². The molecule has 3 heterocycles. The van der Waals surface area contributed by atoms with Crippen molar-refractivity contribution in [3.8, 4) is 0 Å². The van der Waals surface area contributed by atoms with E-state index < -0.39 is 0 Å². The van der Waals surface area contributed by atoms with Gasteiger partial charge in [-0.3, -0.25) is 0 Å². The minimum Gasteiger partial charge on any atom is -0.381 e. The van der Waals surface area contributed by atoms with Gasteiger partial charge in [-0.15, -0.1) is 0 Å². The van der Waals surface area contributed by atoms with Crippen molar-refractivity contribution in [3.63, 3.8) is 0 Å². The van der Waals surface area contributed by atoms with E-state index in [2.05, 4.69) is 39.9 Å². The molecule has 0 aliphatic carbocycles. The van der Waals surface area contributed by atoms with Crippen LogP contribution in [-0.4, -0.2) is 39.5 Å². The zero-order valence-corrected chi connectivity index (χ0v) is 18.7. The molecule has 158 valence electrons. The van der Waals surface area contributed by atoms with Crippen molar-refractivity contribution in [2.75, 3.05) is 39.5 Å². The quantitative estimate of drug-likeness (QED) is 0.652. The molecular weight excluding hydrogens is 334 g/mol. The molecule has 3 saturated heterocycles. The first kappa shape index (κ1) is 21.6. The summed E-state index contributed by atoms with van der Waals surface area (Å²) in [4.78, 5) is 0. The Morgan fingerprint density at radius 3 is 1.74 bits per heavy atom. The van der Waals surface area contributed by atoms with Crippen molar-refractivity contribution in [1.29, 1.82) is 0 Å². The number of rotatable bonds is 7. The van der Waals surface area contributed by atoms with E-state index in [1.165, 1.54) is 58.0 Å². The molecule has 1 N–H and O–H groups in total. The van der Waals surface area contributed by atoms with Crippen molar-refractivity contribution < 1.29 is 9.47 Å². The molecule has 0 aromatic heterocycles. The van der Waals surface area contributed by atoms with Gasteiger partial charge in [-0.25, -0.2) is 0 Å². The Morgan fingerprint density at radius 1 is 0.667 bits per heavy atom. The van der Waals surface area contributed by atoms with E-state index in [-0.39, 0.29) is 0 Å². The van der Waals surface area contributed by atoms with Crippen molar-refractivity contribution in [2.45, 2.75) is 79.6 Å². The lowest BCUT2D eigenvalue weighted by molar-refractivity contribution is -0.0445. The lowest BCUT2D eigenvalue weighted by Crippen LogP contribution is -2.44. The fourth-order valence-electron chi connectivity index (χ4n) is 6.87. The summed E-state index contributed by atoms with van der Waals surface area (Å²) in [6.07, 6.45) is 9.10. The second-order valence-corrected chi connectivity index (χ2v) is 11.5. The second kappa shape index (κ2) is 8.71. The highest BCUT2D eigenvalue weighted by molar-refractivity contribution is 4.96. The largest absolute Gasteiger partial charge is 0.381 e. The molecule has 3 aliphatic rings. The fraction of sp³-hybridized carbons (Fsp3) is 1.00. The molecule has 0 aromatic rings. The Hall–Kier alpha value is -0.120. The average Bonchev–Trinajstić information content (AvgIpc) is 3.18. The van der Waals surface area contributed by atoms with Gasteiger partial charge < -0.3 is 14.8 Å². The third-order valence-electron chi connectivity index (χ3n) is 8.40. The Kier molecular flexibility index (Phi) is 6.97. The highest BCUT2D eigenvalue weighted by atomic mass is 16.5. The number of ether oxygens (including phenoxy) is 2. The smallest absolute Gasteiger partial charge is 0.0500 e. The van der Waals surface area contributed by atoms with E-state index in [4.69, 9.17) is 9.47 Å². The van der Waals surface area contributed by atoms with Crippen LogP contribution in [0.25, 0.3) is 0 Å². The fourth-order valence-corrected chi connectivity index (χ4v) is 6.87. The monoisotopic (exact) mass is 379 g/mol. The maximum absolute atomic E-state index is 5.77. The maximum atomic E-state index is 5.77. The number of nitrogens with one attached hydrogen (secondary N) is 1. The molecule has 27 heavy (non-hydrogen) atoms. The standard InChI is InChI=1S/C24H45NO2/c1-22(2,19-6-11-25-12-7-19)17-24(5,20-8-13-26-14-9-20)18-23(3,4)21-10-15-27-16-21/h19-21,25H,6-18H2,1-5H3/t21?,24-/m1/s1. The van der Waals surface area contributed by atoms with Crippen LogP contribution in [0.15, 0.2) is 0 Å². The van der Waals surface area contributed by atoms with Crippen LogP contribution in [0.3, 0.4) is 0 Å². The van der Waals surface area contributed by atoms with Gasteiger partial charge >= 0.3 is 0 Å². The average molecular weight is 380 g/mol. The second-order valence-electron chi connectivity index (χ2n) is 11.5. The molecule has 0 bridgehead atoms. The summed E-state index contributed by atoms with van der Waals surface area (Å²) in [6.45, 7) is 19.0. The Balaban J connectivity index is 1.78. The van der Waals surface area contributed by atoms with Crippen molar-refractivity contribution in [2.24, 2.45) is 34.0 Å². The van der Waals surface area contributed by atoms with Gasteiger partial charge in [-0.1, -0.05) is 34.6 Å². The molecule has 3 aliphatic heterocycles. The van der Waals surface area contributed by atoms with Crippen molar-refractivity contribution in [1.82, 2.24) is 5.32 Å². The molecule has 3 rings (SSSR count). The number of piperidine rings is 1. The van der Waals surface area contributed by atoms with Gasteiger partial charge in [0.05, 0.1) is 0 Å². The summed E-state index contributed by atoms with van der Waals surface area (Å²) < 4.78 is 11.5. The van der Waals surface area contributed by atoms with Gasteiger partial charge in [0.15, 0.2) is 0 Å². The molecule has 3 fully saturated rings. The van der Waals surface area contributed by atoms with Gasteiger partial charge in [0.1, 0.15) is 0 Å². The Labute approximate surface area is 168 Å². The molecule has 0 aromatic carbocycles. The van der Waals surface area contributed by atoms with Crippen LogP contribution >= 0.6 is 0 Å². The molecule has 0 amide bonds.